The molecule has 0 radical (unpaired) electrons. The van der Waals surface area contributed by atoms with Crippen LogP contribution in [0.2, 0.25) is 0 Å². The Labute approximate surface area is 138 Å². The Morgan fingerprint density at radius 3 is 2.35 bits per heavy atom. The molecule has 0 fully saturated rings. The molecule has 0 aliphatic carbocycles. The standard InChI is InChI=1S/C18H27NO4/c1-7-8-13-11-16(22-6)14(12-15(13)21-5)9-10-19-17(20)23-18(2,3)4/h7-8,11-12H,9-10H2,1-6H3,(H,19,20)/b8-7+. The van der Waals surface area contributed by atoms with Gasteiger partial charge < -0.3 is 19.5 Å². The van der Waals surface area contributed by atoms with Crippen LogP contribution in [0.15, 0.2) is 18.2 Å². The predicted octanol–water partition coefficient (Wildman–Crippen LogP) is 3.80. The van der Waals surface area contributed by atoms with Gasteiger partial charge in [0.25, 0.3) is 0 Å². The van der Waals surface area contributed by atoms with Gasteiger partial charge in [-0.15, -0.1) is 0 Å². The van der Waals surface area contributed by atoms with Crippen molar-refractivity contribution < 1.29 is 19.0 Å². The summed E-state index contributed by atoms with van der Waals surface area (Å²) in [6.07, 6.45) is 4.11. The molecule has 5 nitrogen and oxygen atoms in total. The monoisotopic (exact) mass is 321 g/mol. The first-order valence-electron chi connectivity index (χ1n) is 7.65. The largest absolute Gasteiger partial charge is 0.496 e. The molecule has 0 spiro atoms. The first kappa shape index (κ1) is 18.9. The van der Waals surface area contributed by atoms with Crippen molar-refractivity contribution in [1.29, 1.82) is 0 Å². The quantitative estimate of drug-likeness (QED) is 0.866. The van der Waals surface area contributed by atoms with Crippen LogP contribution in [-0.4, -0.2) is 32.5 Å². The van der Waals surface area contributed by atoms with Crippen molar-refractivity contribution in [3.63, 3.8) is 0 Å². The van der Waals surface area contributed by atoms with Crippen LogP contribution in [0.1, 0.15) is 38.8 Å². The Bertz CT molecular complexity index is 559. The predicted molar refractivity (Wildman–Crippen MR) is 92.2 cm³/mol. The van der Waals surface area contributed by atoms with Crippen LogP contribution in [0, 0.1) is 0 Å². The van der Waals surface area contributed by atoms with Gasteiger partial charge >= 0.3 is 6.09 Å². The number of hydrogen-bond acceptors (Lipinski definition) is 4. The minimum atomic E-state index is -0.501. The van der Waals surface area contributed by atoms with Crippen molar-refractivity contribution in [2.24, 2.45) is 0 Å². The zero-order valence-corrected chi connectivity index (χ0v) is 14.9. The lowest BCUT2D eigenvalue weighted by Gasteiger charge is -2.20. The lowest BCUT2D eigenvalue weighted by Crippen LogP contribution is -2.33. The highest BCUT2D eigenvalue weighted by molar-refractivity contribution is 5.67. The van der Waals surface area contributed by atoms with Gasteiger partial charge in [0.2, 0.25) is 0 Å². The smallest absolute Gasteiger partial charge is 0.407 e. The summed E-state index contributed by atoms with van der Waals surface area (Å²) in [6.45, 7) is 7.91. The summed E-state index contributed by atoms with van der Waals surface area (Å²) in [4.78, 5) is 11.7. The van der Waals surface area contributed by atoms with Gasteiger partial charge in [-0.25, -0.2) is 4.79 Å². The number of carbonyl (C=O) groups is 1. The molecule has 0 unspecified atom stereocenters. The number of ether oxygens (including phenoxy) is 3. The highest BCUT2D eigenvalue weighted by Crippen LogP contribution is 2.30. The first-order valence-corrected chi connectivity index (χ1v) is 7.65. The van der Waals surface area contributed by atoms with Gasteiger partial charge in [0.05, 0.1) is 14.2 Å². The number of benzene rings is 1. The molecule has 1 amide bonds. The van der Waals surface area contributed by atoms with Crippen molar-refractivity contribution in [3.05, 3.63) is 29.3 Å². The fraction of sp³-hybridized carbons (Fsp3) is 0.500. The molecule has 0 saturated carbocycles. The molecule has 0 saturated heterocycles. The van der Waals surface area contributed by atoms with Gasteiger partial charge in [0, 0.05) is 12.1 Å². The first-order chi connectivity index (χ1) is 10.8. The normalized spacial score (nSPS) is 11.4. The molecule has 1 rings (SSSR count). The van der Waals surface area contributed by atoms with E-state index < -0.39 is 11.7 Å². The fourth-order valence-electron chi connectivity index (χ4n) is 2.10. The van der Waals surface area contributed by atoms with Crippen LogP contribution in [0.3, 0.4) is 0 Å². The molecule has 1 N–H and O–H groups in total. The van der Waals surface area contributed by atoms with Gasteiger partial charge in [-0.3, -0.25) is 0 Å². The highest BCUT2D eigenvalue weighted by atomic mass is 16.6. The Kier molecular flexibility index (Phi) is 6.94. The van der Waals surface area contributed by atoms with Gasteiger partial charge in [-0.1, -0.05) is 12.2 Å². The van der Waals surface area contributed by atoms with E-state index in [9.17, 15) is 4.79 Å². The second kappa shape index (κ2) is 8.46. The van der Waals surface area contributed by atoms with E-state index in [2.05, 4.69) is 5.32 Å². The SMILES string of the molecule is C/C=C/c1cc(OC)c(CCNC(=O)OC(C)(C)C)cc1OC. The number of allylic oxidation sites excluding steroid dienone is 1. The minimum Gasteiger partial charge on any atom is -0.496 e. The van der Waals surface area contributed by atoms with E-state index in [1.807, 2.05) is 52.0 Å². The third kappa shape index (κ3) is 6.22. The number of nitrogens with one attached hydrogen (secondary N) is 1. The molecule has 0 aliphatic heterocycles. The van der Waals surface area contributed by atoms with Crippen LogP contribution >= 0.6 is 0 Å². The maximum Gasteiger partial charge on any atom is 0.407 e. The number of amides is 1. The van der Waals surface area contributed by atoms with Gasteiger partial charge in [-0.05, 0) is 51.8 Å². The van der Waals surface area contributed by atoms with Crippen molar-refractivity contribution in [1.82, 2.24) is 5.32 Å². The molecular formula is C18H27NO4. The van der Waals surface area contributed by atoms with E-state index in [1.54, 1.807) is 14.2 Å². The molecular weight excluding hydrogens is 294 g/mol. The van der Waals surface area contributed by atoms with Crippen LogP contribution < -0.4 is 14.8 Å². The summed E-state index contributed by atoms with van der Waals surface area (Å²) >= 11 is 0. The van der Waals surface area contributed by atoms with Gasteiger partial charge in [0.15, 0.2) is 0 Å². The van der Waals surface area contributed by atoms with E-state index in [0.29, 0.717) is 13.0 Å². The summed E-state index contributed by atoms with van der Waals surface area (Å²) in [7, 11) is 3.27. The Hall–Kier alpha value is -2.17. The summed E-state index contributed by atoms with van der Waals surface area (Å²) < 4.78 is 16.1. The Morgan fingerprint density at radius 2 is 1.83 bits per heavy atom. The fourth-order valence-corrected chi connectivity index (χ4v) is 2.10. The van der Waals surface area contributed by atoms with Gasteiger partial charge in [-0.2, -0.15) is 0 Å². The second-order valence-electron chi connectivity index (χ2n) is 6.08. The number of methoxy groups -OCH3 is 2. The third-order valence-electron chi connectivity index (χ3n) is 3.04. The maximum absolute atomic E-state index is 11.7. The molecule has 0 aromatic heterocycles. The Morgan fingerprint density at radius 1 is 1.17 bits per heavy atom. The average Bonchev–Trinajstić information content (AvgIpc) is 2.46. The number of carbonyl (C=O) groups excluding carboxylic acids is 1. The summed E-state index contributed by atoms with van der Waals surface area (Å²) in [5, 5.41) is 2.74. The van der Waals surface area contributed by atoms with Crippen molar-refractivity contribution in [2.75, 3.05) is 20.8 Å². The number of hydrogen-bond donors (Lipinski definition) is 1. The van der Waals surface area contributed by atoms with E-state index in [4.69, 9.17) is 14.2 Å². The van der Waals surface area contributed by atoms with E-state index in [0.717, 1.165) is 22.6 Å². The number of alkyl carbamates (subject to hydrolysis) is 1. The topological polar surface area (TPSA) is 56.8 Å². The van der Waals surface area contributed by atoms with Crippen LogP contribution in [-0.2, 0) is 11.2 Å². The van der Waals surface area contributed by atoms with Crippen LogP contribution in [0.4, 0.5) is 4.79 Å². The van der Waals surface area contributed by atoms with Crippen LogP contribution in [0.5, 0.6) is 11.5 Å². The second-order valence-corrected chi connectivity index (χ2v) is 6.08. The summed E-state index contributed by atoms with van der Waals surface area (Å²) in [6, 6.07) is 3.87. The molecule has 0 atom stereocenters. The lowest BCUT2D eigenvalue weighted by atomic mass is 10.1. The molecule has 128 valence electrons. The molecule has 23 heavy (non-hydrogen) atoms. The average molecular weight is 321 g/mol. The van der Waals surface area contributed by atoms with Crippen molar-refractivity contribution in [3.8, 4) is 11.5 Å². The summed E-state index contributed by atoms with van der Waals surface area (Å²) in [5.41, 5.74) is 1.42. The van der Waals surface area contributed by atoms with E-state index >= 15 is 0 Å². The highest BCUT2D eigenvalue weighted by Gasteiger charge is 2.16. The van der Waals surface area contributed by atoms with E-state index in [-0.39, 0.29) is 0 Å². The summed E-state index contributed by atoms with van der Waals surface area (Å²) in [5.74, 6) is 1.54. The van der Waals surface area contributed by atoms with Crippen molar-refractivity contribution in [2.45, 2.75) is 39.7 Å². The number of rotatable bonds is 6. The molecule has 5 heteroatoms. The van der Waals surface area contributed by atoms with E-state index in [1.165, 1.54) is 0 Å². The maximum atomic E-state index is 11.7. The van der Waals surface area contributed by atoms with Crippen LogP contribution in [0.25, 0.3) is 6.08 Å². The minimum absolute atomic E-state index is 0.422. The zero-order valence-electron chi connectivity index (χ0n) is 14.9. The molecule has 0 bridgehead atoms. The third-order valence-corrected chi connectivity index (χ3v) is 3.04. The van der Waals surface area contributed by atoms with Gasteiger partial charge in [0.1, 0.15) is 17.1 Å². The lowest BCUT2D eigenvalue weighted by molar-refractivity contribution is 0.0528. The molecule has 0 heterocycles. The van der Waals surface area contributed by atoms with Crippen molar-refractivity contribution >= 4 is 12.2 Å². The zero-order chi connectivity index (χ0) is 17.5. The Balaban J connectivity index is 2.78. The molecule has 0 aliphatic rings. The molecule has 1 aromatic rings. The molecule has 1 aromatic carbocycles.